The minimum absolute atomic E-state index is 0.238. The Morgan fingerprint density at radius 1 is 1.33 bits per heavy atom. The number of hydrogen-bond donors (Lipinski definition) is 1. The summed E-state index contributed by atoms with van der Waals surface area (Å²) in [6.07, 6.45) is 5.47. The fourth-order valence-electron chi connectivity index (χ4n) is 2.64. The minimum Gasteiger partial charge on any atom is -0.332 e. The number of nitrogens with zero attached hydrogens (tertiary/aromatic N) is 2. The molecule has 0 spiro atoms. The van der Waals surface area contributed by atoms with E-state index in [4.69, 9.17) is 11.6 Å². The predicted molar refractivity (Wildman–Crippen MR) is 98.2 cm³/mol. The molecule has 0 saturated heterocycles. The van der Waals surface area contributed by atoms with Crippen molar-refractivity contribution in [2.24, 2.45) is 0 Å². The smallest absolute Gasteiger partial charge is 0.250 e. The van der Waals surface area contributed by atoms with E-state index < -0.39 is 10.0 Å². The van der Waals surface area contributed by atoms with E-state index in [0.717, 1.165) is 40.9 Å². The van der Waals surface area contributed by atoms with E-state index in [1.54, 1.807) is 12.3 Å². The van der Waals surface area contributed by atoms with Crippen molar-refractivity contribution in [1.82, 2.24) is 14.3 Å². The first-order valence-corrected chi connectivity index (χ1v) is 10.4. The Hall–Kier alpha value is -1.41. The van der Waals surface area contributed by atoms with Gasteiger partial charge < -0.3 is 4.57 Å². The minimum atomic E-state index is -3.50. The van der Waals surface area contributed by atoms with Crippen LogP contribution in [0.4, 0.5) is 0 Å². The molecular weight excluding hydrogens is 366 g/mol. The molecule has 128 valence electrons. The van der Waals surface area contributed by atoms with Crippen LogP contribution in [0.3, 0.4) is 0 Å². The third-order valence-corrected chi connectivity index (χ3v) is 6.86. The Bertz CT molecular complexity index is 947. The topological polar surface area (TPSA) is 64.0 Å². The average Bonchev–Trinajstić information content (AvgIpc) is 3.13. The summed E-state index contributed by atoms with van der Waals surface area (Å²) in [6.45, 7) is 3.35. The van der Waals surface area contributed by atoms with Gasteiger partial charge in [-0.05, 0) is 42.7 Å². The maximum absolute atomic E-state index is 12.2. The molecule has 0 bridgehead atoms. The monoisotopic (exact) mass is 383 g/mol. The summed E-state index contributed by atoms with van der Waals surface area (Å²) in [4.78, 5) is 4.44. The predicted octanol–water partition coefficient (Wildman–Crippen LogP) is 3.68. The number of sulfonamides is 1. The van der Waals surface area contributed by atoms with Crippen molar-refractivity contribution in [3.8, 4) is 0 Å². The van der Waals surface area contributed by atoms with Crippen LogP contribution in [-0.4, -0.2) is 24.5 Å². The van der Waals surface area contributed by atoms with E-state index in [1.807, 2.05) is 12.1 Å². The zero-order chi connectivity index (χ0) is 17.2. The molecule has 8 heteroatoms. The highest BCUT2D eigenvalue weighted by Crippen LogP contribution is 2.25. The molecule has 0 fully saturated rings. The zero-order valence-electron chi connectivity index (χ0n) is 13.2. The second kappa shape index (κ2) is 7.23. The van der Waals surface area contributed by atoms with E-state index in [9.17, 15) is 8.42 Å². The molecule has 0 radical (unpaired) electrons. The fourth-order valence-corrected chi connectivity index (χ4v) is 5.20. The summed E-state index contributed by atoms with van der Waals surface area (Å²) in [5.41, 5.74) is 2.04. The van der Waals surface area contributed by atoms with Gasteiger partial charge in [0.15, 0.2) is 0 Å². The number of halogens is 1. The van der Waals surface area contributed by atoms with Crippen LogP contribution in [0.15, 0.2) is 40.9 Å². The molecule has 0 amide bonds. The molecule has 0 atom stereocenters. The van der Waals surface area contributed by atoms with Crippen molar-refractivity contribution in [2.45, 2.75) is 30.5 Å². The Morgan fingerprint density at radius 3 is 2.88 bits per heavy atom. The number of hydrogen-bond acceptors (Lipinski definition) is 4. The lowest BCUT2D eigenvalue weighted by Gasteiger charge is -2.04. The van der Waals surface area contributed by atoms with Crippen molar-refractivity contribution >= 4 is 44.0 Å². The molecule has 0 aliphatic carbocycles. The van der Waals surface area contributed by atoms with Gasteiger partial charge in [0.2, 0.25) is 10.0 Å². The zero-order valence-corrected chi connectivity index (χ0v) is 15.6. The number of aromatic nitrogens is 2. The van der Waals surface area contributed by atoms with E-state index >= 15 is 0 Å². The van der Waals surface area contributed by atoms with Crippen LogP contribution in [0.2, 0.25) is 4.34 Å². The number of pyridine rings is 1. The Balaban J connectivity index is 1.74. The highest BCUT2D eigenvalue weighted by atomic mass is 35.5. The Kier molecular flexibility index (Phi) is 5.24. The Morgan fingerprint density at radius 2 is 2.17 bits per heavy atom. The molecule has 3 rings (SSSR count). The summed E-state index contributed by atoms with van der Waals surface area (Å²) < 4.78 is 29.9. The van der Waals surface area contributed by atoms with E-state index in [2.05, 4.69) is 27.4 Å². The van der Waals surface area contributed by atoms with Gasteiger partial charge in [0, 0.05) is 30.9 Å². The van der Waals surface area contributed by atoms with Gasteiger partial charge in [-0.25, -0.2) is 18.1 Å². The highest BCUT2D eigenvalue weighted by Gasteiger charge is 2.16. The number of nitrogens with one attached hydrogen (secondary N) is 1. The van der Waals surface area contributed by atoms with E-state index in [-0.39, 0.29) is 4.21 Å². The lowest BCUT2D eigenvalue weighted by atomic mass is 10.2. The number of aryl methyl sites for hydroxylation is 1. The van der Waals surface area contributed by atoms with Crippen LogP contribution >= 0.6 is 22.9 Å². The van der Waals surface area contributed by atoms with Crippen molar-refractivity contribution in [1.29, 1.82) is 0 Å². The van der Waals surface area contributed by atoms with Crippen LogP contribution < -0.4 is 4.72 Å². The van der Waals surface area contributed by atoms with Gasteiger partial charge in [-0.15, -0.1) is 11.3 Å². The number of rotatable bonds is 7. The van der Waals surface area contributed by atoms with Crippen molar-refractivity contribution in [2.75, 3.05) is 6.54 Å². The van der Waals surface area contributed by atoms with Crippen molar-refractivity contribution in [3.05, 3.63) is 46.6 Å². The standard InChI is InChI=1S/C16H18ClN3O2S2/c1-2-10-20-11-12(13-4-3-8-18-16(13)20)7-9-19-24(21,22)15-6-5-14(17)23-15/h3-6,8,11,19H,2,7,9-10H2,1H3. The van der Waals surface area contributed by atoms with Gasteiger partial charge in [-0.3, -0.25) is 0 Å². The molecule has 0 aliphatic rings. The summed E-state index contributed by atoms with van der Waals surface area (Å²) in [6, 6.07) is 7.04. The average molecular weight is 384 g/mol. The van der Waals surface area contributed by atoms with Gasteiger partial charge >= 0.3 is 0 Å². The molecule has 5 nitrogen and oxygen atoms in total. The third-order valence-electron chi connectivity index (χ3n) is 3.68. The Labute approximate surface area is 150 Å². The summed E-state index contributed by atoms with van der Waals surface area (Å²) in [5, 5.41) is 1.07. The summed E-state index contributed by atoms with van der Waals surface area (Å²) >= 11 is 6.87. The number of fused-ring (bicyclic) bond motifs is 1. The quantitative estimate of drug-likeness (QED) is 0.676. The largest absolute Gasteiger partial charge is 0.332 e. The maximum atomic E-state index is 12.2. The first-order valence-electron chi connectivity index (χ1n) is 7.69. The van der Waals surface area contributed by atoms with E-state index in [0.29, 0.717) is 17.3 Å². The van der Waals surface area contributed by atoms with Gasteiger partial charge in [-0.1, -0.05) is 18.5 Å². The fraction of sp³-hybridized carbons (Fsp3) is 0.312. The van der Waals surface area contributed by atoms with Crippen LogP contribution in [0.25, 0.3) is 11.0 Å². The summed E-state index contributed by atoms with van der Waals surface area (Å²) in [7, 11) is -3.50. The lowest BCUT2D eigenvalue weighted by molar-refractivity contribution is 0.584. The molecule has 1 N–H and O–H groups in total. The molecule has 3 heterocycles. The third kappa shape index (κ3) is 3.64. The first-order chi connectivity index (χ1) is 11.5. The molecule has 0 saturated carbocycles. The maximum Gasteiger partial charge on any atom is 0.250 e. The van der Waals surface area contributed by atoms with Crippen LogP contribution in [-0.2, 0) is 23.0 Å². The second-order valence-electron chi connectivity index (χ2n) is 5.43. The van der Waals surface area contributed by atoms with E-state index in [1.165, 1.54) is 6.07 Å². The normalized spacial score (nSPS) is 12.1. The van der Waals surface area contributed by atoms with Gasteiger partial charge in [-0.2, -0.15) is 0 Å². The van der Waals surface area contributed by atoms with Crippen molar-refractivity contribution < 1.29 is 8.42 Å². The molecular formula is C16H18ClN3O2S2. The molecule has 3 aromatic rings. The van der Waals surface area contributed by atoms with Crippen LogP contribution in [0, 0.1) is 0 Å². The van der Waals surface area contributed by atoms with Crippen LogP contribution in [0.1, 0.15) is 18.9 Å². The second-order valence-corrected chi connectivity index (χ2v) is 9.14. The molecule has 0 aromatic carbocycles. The summed E-state index contributed by atoms with van der Waals surface area (Å²) in [5.74, 6) is 0. The van der Waals surface area contributed by atoms with Gasteiger partial charge in [0.25, 0.3) is 0 Å². The van der Waals surface area contributed by atoms with Crippen LogP contribution in [0.5, 0.6) is 0 Å². The van der Waals surface area contributed by atoms with Crippen molar-refractivity contribution in [3.63, 3.8) is 0 Å². The first kappa shape index (κ1) is 17.4. The molecule has 3 aromatic heterocycles. The highest BCUT2D eigenvalue weighted by molar-refractivity contribution is 7.91. The SMILES string of the molecule is CCCn1cc(CCNS(=O)(=O)c2ccc(Cl)s2)c2cccnc21. The number of thiophene rings is 1. The molecule has 24 heavy (non-hydrogen) atoms. The van der Waals surface area contributed by atoms with Gasteiger partial charge in [0.05, 0.1) is 4.34 Å². The lowest BCUT2D eigenvalue weighted by Crippen LogP contribution is -2.25. The molecule has 0 unspecified atom stereocenters. The molecule has 0 aliphatic heterocycles. The van der Waals surface area contributed by atoms with Gasteiger partial charge in [0.1, 0.15) is 9.86 Å².